The lowest BCUT2D eigenvalue weighted by atomic mass is 10.1. The first-order chi connectivity index (χ1) is 11.0. The van der Waals surface area contributed by atoms with E-state index in [9.17, 15) is 9.59 Å². The van der Waals surface area contributed by atoms with Crippen molar-refractivity contribution in [1.82, 2.24) is 4.98 Å². The van der Waals surface area contributed by atoms with Crippen LogP contribution >= 0.6 is 23.1 Å². The molecular weight excluding hydrogens is 330 g/mol. The predicted molar refractivity (Wildman–Crippen MR) is 95.5 cm³/mol. The van der Waals surface area contributed by atoms with Gasteiger partial charge in [0.1, 0.15) is 0 Å². The minimum absolute atomic E-state index is 0.198. The van der Waals surface area contributed by atoms with Gasteiger partial charge in [-0.1, -0.05) is 41.7 Å². The standard InChI is InChI=1S/C16H17N3O2S2/c1-10(12-6-4-3-5-7-12)8-14(21)19-16-18-11(2)15(23-16)22-9-13(17)20/h3-8H,9H2,1-2H3,(H2,17,20)(H,18,19,21)/b10-8+. The lowest BCUT2D eigenvalue weighted by Gasteiger charge is -2.01. The Hall–Kier alpha value is -2.12. The molecule has 0 saturated heterocycles. The zero-order valence-corrected chi connectivity index (χ0v) is 14.5. The Morgan fingerprint density at radius 2 is 2.04 bits per heavy atom. The van der Waals surface area contributed by atoms with Crippen LogP contribution in [0.1, 0.15) is 18.2 Å². The number of thioether (sulfide) groups is 1. The molecule has 0 spiro atoms. The van der Waals surface area contributed by atoms with Gasteiger partial charge in [-0.25, -0.2) is 4.98 Å². The Bertz CT molecular complexity index is 739. The van der Waals surface area contributed by atoms with Crippen LogP contribution in [-0.2, 0) is 9.59 Å². The van der Waals surface area contributed by atoms with Crippen molar-refractivity contribution in [3.63, 3.8) is 0 Å². The van der Waals surface area contributed by atoms with Crippen molar-refractivity contribution in [2.45, 2.75) is 18.1 Å². The van der Waals surface area contributed by atoms with Crippen molar-refractivity contribution in [2.75, 3.05) is 11.1 Å². The van der Waals surface area contributed by atoms with Crippen LogP contribution in [0.25, 0.3) is 5.57 Å². The number of rotatable bonds is 6. The molecule has 1 aromatic heterocycles. The molecule has 0 unspecified atom stereocenters. The molecule has 0 bridgehead atoms. The first kappa shape index (κ1) is 17.2. The summed E-state index contributed by atoms with van der Waals surface area (Å²) in [6.45, 7) is 3.72. The lowest BCUT2D eigenvalue weighted by molar-refractivity contribution is -0.115. The number of anilines is 1. The predicted octanol–water partition coefficient (Wildman–Crippen LogP) is 3.07. The highest BCUT2D eigenvalue weighted by atomic mass is 32.2. The van der Waals surface area contributed by atoms with Crippen LogP contribution in [0.4, 0.5) is 5.13 Å². The number of hydrogen-bond donors (Lipinski definition) is 2. The van der Waals surface area contributed by atoms with Gasteiger partial charge in [0.25, 0.3) is 0 Å². The molecular formula is C16H17N3O2S2. The number of amides is 2. The summed E-state index contributed by atoms with van der Waals surface area (Å²) in [5.74, 6) is -0.412. The molecule has 0 aliphatic rings. The van der Waals surface area contributed by atoms with Gasteiger partial charge >= 0.3 is 0 Å². The van der Waals surface area contributed by atoms with Crippen LogP contribution in [0.5, 0.6) is 0 Å². The molecule has 2 rings (SSSR count). The number of thiazole rings is 1. The molecule has 2 aromatic rings. The smallest absolute Gasteiger partial charge is 0.250 e. The van der Waals surface area contributed by atoms with E-state index in [1.807, 2.05) is 44.2 Å². The highest BCUT2D eigenvalue weighted by Gasteiger charge is 2.11. The summed E-state index contributed by atoms with van der Waals surface area (Å²) in [7, 11) is 0. The number of nitrogens with one attached hydrogen (secondary N) is 1. The van der Waals surface area contributed by atoms with Gasteiger partial charge in [-0.2, -0.15) is 0 Å². The van der Waals surface area contributed by atoms with Crippen LogP contribution in [0.2, 0.25) is 0 Å². The number of aryl methyl sites for hydroxylation is 1. The second-order valence-electron chi connectivity index (χ2n) is 4.83. The highest BCUT2D eigenvalue weighted by Crippen LogP contribution is 2.31. The molecule has 5 nitrogen and oxygen atoms in total. The molecule has 7 heteroatoms. The van der Waals surface area contributed by atoms with Crippen LogP contribution in [0.15, 0.2) is 40.6 Å². The molecule has 2 amide bonds. The fourth-order valence-electron chi connectivity index (χ4n) is 1.83. The van der Waals surface area contributed by atoms with Gasteiger partial charge in [0.05, 0.1) is 15.7 Å². The Balaban J connectivity index is 2.03. The largest absolute Gasteiger partial charge is 0.369 e. The Kier molecular flexibility index (Phi) is 5.95. The average Bonchev–Trinajstić information content (AvgIpc) is 2.85. The van der Waals surface area contributed by atoms with Crippen molar-refractivity contribution >= 4 is 45.6 Å². The maximum atomic E-state index is 12.1. The Morgan fingerprint density at radius 1 is 1.35 bits per heavy atom. The molecule has 0 radical (unpaired) electrons. The van der Waals surface area contributed by atoms with Crippen LogP contribution in [-0.4, -0.2) is 22.6 Å². The fraction of sp³-hybridized carbons (Fsp3) is 0.188. The number of allylic oxidation sites excluding steroid dienone is 1. The third-order valence-corrected chi connectivity index (χ3v) is 5.36. The molecule has 0 aliphatic heterocycles. The summed E-state index contributed by atoms with van der Waals surface area (Å²) in [4.78, 5) is 27.2. The Labute approximate surface area is 143 Å². The highest BCUT2D eigenvalue weighted by molar-refractivity contribution is 8.01. The van der Waals surface area contributed by atoms with E-state index in [0.717, 1.165) is 21.0 Å². The maximum Gasteiger partial charge on any atom is 0.250 e. The van der Waals surface area contributed by atoms with Crippen molar-refractivity contribution in [3.8, 4) is 0 Å². The minimum atomic E-state index is -0.380. The number of benzene rings is 1. The lowest BCUT2D eigenvalue weighted by Crippen LogP contribution is -2.12. The number of nitrogens with two attached hydrogens (primary N) is 1. The number of primary amides is 1. The zero-order valence-electron chi connectivity index (χ0n) is 12.8. The summed E-state index contributed by atoms with van der Waals surface area (Å²) >= 11 is 2.66. The molecule has 0 aliphatic carbocycles. The SMILES string of the molecule is C/C(=C\C(=O)Nc1nc(C)c(SCC(N)=O)s1)c1ccccc1. The summed E-state index contributed by atoms with van der Waals surface area (Å²) < 4.78 is 0.878. The fourth-order valence-corrected chi connectivity index (χ4v) is 3.71. The molecule has 1 heterocycles. The van der Waals surface area contributed by atoms with Crippen LogP contribution in [0.3, 0.4) is 0 Å². The summed E-state index contributed by atoms with van der Waals surface area (Å²) in [5.41, 5.74) is 7.78. The quantitative estimate of drug-likeness (QED) is 0.621. The van der Waals surface area contributed by atoms with E-state index >= 15 is 0 Å². The monoisotopic (exact) mass is 347 g/mol. The minimum Gasteiger partial charge on any atom is -0.369 e. The molecule has 0 saturated carbocycles. The summed E-state index contributed by atoms with van der Waals surface area (Å²) in [6.07, 6.45) is 1.54. The van der Waals surface area contributed by atoms with Gasteiger partial charge in [0, 0.05) is 6.08 Å². The van der Waals surface area contributed by atoms with Crippen LogP contribution < -0.4 is 11.1 Å². The van der Waals surface area contributed by atoms with Gasteiger partial charge in [-0.3, -0.25) is 14.9 Å². The molecule has 0 atom stereocenters. The van der Waals surface area contributed by atoms with E-state index in [1.54, 1.807) is 6.08 Å². The number of nitrogens with zero attached hydrogens (tertiary/aromatic N) is 1. The van der Waals surface area contributed by atoms with E-state index < -0.39 is 0 Å². The first-order valence-corrected chi connectivity index (χ1v) is 8.69. The van der Waals surface area contributed by atoms with Crippen molar-refractivity contribution in [3.05, 3.63) is 47.7 Å². The van der Waals surface area contributed by atoms with Gasteiger partial charge in [0.15, 0.2) is 5.13 Å². The third kappa shape index (κ3) is 5.22. The van der Waals surface area contributed by atoms with Crippen LogP contribution in [0, 0.1) is 6.92 Å². The van der Waals surface area contributed by atoms with E-state index in [1.165, 1.54) is 23.1 Å². The second kappa shape index (κ2) is 7.94. The molecule has 0 fully saturated rings. The van der Waals surface area contributed by atoms with E-state index in [2.05, 4.69) is 10.3 Å². The molecule has 1 aromatic carbocycles. The second-order valence-corrected chi connectivity index (χ2v) is 7.07. The van der Waals surface area contributed by atoms with Gasteiger partial charge in [-0.15, -0.1) is 11.8 Å². The number of aromatic nitrogens is 1. The van der Waals surface area contributed by atoms with Gasteiger partial charge in [-0.05, 0) is 25.0 Å². The number of hydrogen-bond acceptors (Lipinski definition) is 5. The third-order valence-electron chi connectivity index (χ3n) is 2.91. The topological polar surface area (TPSA) is 85.1 Å². The average molecular weight is 347 g/mol. The molecule has 3 N–H and O–H groups in total. The zero-order chi connectivity index (χ0) is 16.8. The van der Waals surface area contributed by atoms with Crippen molar-refractivity contribution in [1.29, 1.82) is 0 Å². The van der Waals surface area contributed by atoms with Gasteiger partial charge in [0.2, 0.25) is 11.8 Å². The van der Waals surface area contributed by atoms with Crippen molar-refractivity contribution < 1.29 is 9.59 Å². The maximum absolute atomic E-state index is 12.1. The Morgan fingerprint density at radius 3 is 2.70 bits per heavy atom. The van der Waals surface area contributed by atoms with E-state index in [-0.39, 0.29) is 17.6 Å². The number of carbonyl (C=O) groups is 2. The van der Waals surface area contributed by atoms with E-state index in [0.29, 0.717) is 5.13 Å². The molecule has 23 heavy (non-hydrogen) atoms. The molecule has 120 valence electrons. The van der Waals surface area contributed by atoms with Gasteiger partial charge < -0.3 is 5.73 Å². The summed E-state index contributed by atoms with van der Waals surface area (Å²) in [5, 5.41) is 3.26. The summed E-state index contributed by atoms with van der Waals surface area (Å²) in [6, 6.07) is 9.69. The first-order valence-electron chi connectivity index (χ1n) is 6.89. The van der Waals surface area contributed by atoms with Crippen molar-refractivity contribution in [2.24, 2.45) is 5.73 Å². The normalized spacial score (nSPS) is 11.3. The number of carbonyl (C=O) groups excluding carboxylic acids is 2. The van der Waals surface area contributed by atoms with E-state index in [4.69, 9.17) is 5.73 Å².